The van der Waals surface area contributed by atoms with Crippen LogP contribution in [0.5, 0.6) is 11.5 Å². The number of rotatable bonds is 6. The van der Waals surface area contributed by atoms with Gasteiger partial charge < -0.3 is 9.84 Å². The first kappa shape index (κ1) is 31.8. The topological polar surface area (TPSA) is 116 Å². The summed E-state index contributed by atoms with van der Waals surface area (Å²) in [6.07, 6.45) is 2.23. The molecule has 2 aliphatic carbocycles. The van der Waals surface area contributed by atoms with Crippen molar-refractivity contribution in [3.63, 3.8) is 0 Å². The van der Waals surface area contributed by atoms with Gasteiger partial charge in [0.15, 0.2) is 0 Å². The number of carbonyl (C=O) groups is 4. The number of phenols is 1. The van der Waals surface area contributed by atoms with Crippen LogP contribution in [0.25, 0.3) is 0 Å². The molecule has 6 atom stereocenters. The number of methoxy groups -OCH3 is 1. The highest BCUT2D eigenvalue weighted by atomic mass is 35.5. The maximum Gasteiger partial charge on any atom is 0.260 e. The Morgan fingerprint density at radius 1 is 0.880 bits per heavy atom. The Morgan fingerprint density at radius 3 is 2.28 bits per heavy atom. The Kier molecular flexibility index (Phi) is 7.52. The number of nitrogens with one attached hydrogen (secondary N) is 1. The first-order valence-electron chi connectivity index (χ1n) is 16.3. The van der Waals surface area contributed by atoms with E-state index in [1.165, 1.54) is 42.3 Å². The van der Waals surface area contributed by atoms with Gasteiger partial charge in [0.1, 0.15) is 17.3 Å². The van der Waals surface area contributed by atoms with E-state index in [0.29, 0.717) is 38.8 Å². The summed E-state index contributed by atoms with van der Waals surface area (Å²) in [6, 6.07) is 25.6. The van der Waals surface area contributed by atoms with Gasteiger partial charge in [0.2, 0.25) is 11.8 Å². The van der Waals surface area contributed by atoms with E-state index in [1.807, 2.05) is 6.08 Å². The number of allylic oxidation sites excluding steroid dienone is 2. The van der Waals surface area contributed by atoms with Crippen LogP contribution in [0.2, 0.25) is 5.02 Å². The summed E-state index contributed by atoms with van der Waals surface area (Å²) in [5.41, 5.74) is 3.64. The molecule has 8 rings (SSSR count). The fourth-order valence-electron chi connectivity index (χ4n) is 8.73. The molecule has 50 heavy (non-hydrogen) atoms. The van der Waals surface area contributed by atoms with Crippen LogP contribution in [0.3, 0.4) is 0 Å². The Bertz CT molecular complexity index is 2090. The van der Waals surface area contributed by atoms with Crippen molar-refractivity contribution in [2.24, 2.45) is 23.7 Å². The predicted molar refractivity (Wildman–Crippen MR) is 183 cm³/mol. The summed E-state index contributed by atoms with van der Waals surface area (Å²) in [6.45, 7) is 0. The van der Waals surface area contributed by atoms with Crippen LogP contribution in [0, 0.1) is 29.5 Å². The highest BCUT2D eigenvalue weighted by Gasteiger charge is 2.70. The van der Waals surface area contributed by atoms with Crippen molar-refractivity contribution in [3.8, 4) is 11.5 Å². The number of ether oxygens (including phenoxy) is 1. The SMILES string of the molecule is COc1ccc(C2C3=CCC4C(=O)N(c5ccccc5)C(=O)C4C3CC3C(=O)N(Nc4ccc(F)cc4)C(=O)C32c2ccc(Cl)cc2)c(O)c1. The van der Waals surface area contributed by atoms with Crippen molar-refractivity contribution in [1.29, 1.82) is 0 Å². The lowest BCUT2D eigenvalue weighted by atomic mass is 9.49. The van der Waals surface area contributed by atoms with Crippen molar-refractivity contribution in [2.75, 3.05) is 17.4 Å². The van der Waals surface area contributed by atoms with Gasteiger partial charge in [0, 0.05) is 22.6 Å². The van der Waals surface area contributed by atoms with Gasteiger partial charge >= 0.3 is 0 Å². The summed E-state index contributed by atoms with van der Waals surface area (Å²) < 4.78 is 19.2. The minimum Gasteiger partial charge on any atom is -0.508 e. The number of amides is 4. The fraction of sp³-hybridized carbons (Fsp3) is 0.231. The molecule has 2 saturated heterocycles. The number of anilines is 2. The van der Waals surface area contributed by atoms with Crippen molar-refractivity contribution in [3.05, 3.63) is 131 Å². The number of benzene rings is 4. The number of fused-ring (bicyclic) bond motifs is 4. The minimum absolute atomic E-state index is 0.0802. The van der Waals surface area contributed by atoms with E-state index in [9.17, 15) is 23.9 Å². The smallest absolute Gasteiger partial charge is 0.260 e. The quantitative estimate of drug-likeness (QED) is 0.178. The molecular weight excluding hydrogens is 661 g/mol. The molecule has 0 radical (unpaired) electrons. The number of halogens is 2. The molecule has 1 saturated carbocycles. The van der Waals surface area contributed by atoms with Gasteiger partial charge in [0.05, 0.1) is 41.7 Å². The van der Waals surface area contributed by atoms with Crippen LogP contribution in [-0.2, 0) is 24.6 Å². The highest BCUT2D eigenvalue weighted by molar-refractivity contribution is 6.30. The predicted octanol–water partition coefficient (Wildman–Crippen LogP) is 6.38. The van der Waals surface area contributed by atoms with E-state index in [2.05, 4.69) is 5.43 Å². The molecule has 4 aliphatic rings. The molecule has 252 valence electrons. The molecule has 3 fully saturated rings. The number of hydrogen-bond donors (Lipinski definition) is 2. The second-order valence-electron chi connectivity index (χ2n) is 13.1. The van der Waals surface area contributed by atoms with Gasteiger partial charge in [-0.2, -0.15) is 5.01 Å². The summed E-state index contributed by atoms with van der Waals surface area (Å²) >= 11 is 6.34. The average Bonchev–Trinajstić information content (AvgIpc) is 3.50. The van der Waals surface area contributed by atoms with Gasteiger partial charge in [-0.05, 0) is 78.9 Å². The van der Waals surface area contributed by atoms with Crippen LogP contribution in [0.4, 0.5) is 15.8 Å². The first-order valence-corrected chi connectivity index (χ1v) is 16.7. The van der Waals surface area contributed by atoms with Gasteiger partial charge in [-0.25, -0.2) is 4.39 Å². The lowest BCUT2D eigenvalue weighted by Gasteiger charge is -2.50. The molecule has 6 unspecified atom stereocenters. The zero-order valence-corrected chi connectivity index (χ0v) is 27.5. The molecular formula is C39H31ClFN3O6. The molecule has 0 spiro atoms. The van der Waals surface area contributed by atoms with Gasteiger partial charge in [0.25, 0.3) is 11.8 Å². The molecule has 2 heterocycles. The molecule has 2 aliphatic heterocycles. The van der Waals surface area contributed by atoms with Crippen molar-refractivity contribution >= 4 is 46.6 Å². The summed E-state index contributed by atoms with van der Waals surface area (Å²) in [7, 11) is 1.47. The third kappa shape index (κ3) is 4.58. The first-order chi connectivity index (χ1) is 24.1. The molecule has 0 bridgehead atoms. The van der Waals surface area contributed by atoms with Crippen LogP contribution in [0.15, 0.2) is 109 Å². The molecule has 4 amide bonds. The van der Waals surface area contributed by atoms with Gasteiger partial charge in [-0.3, -0.25) is 29.5 Å². The zero-order valence-electron chi connectivity index (χ0n) is 26.8. The number of nitrogens with zero attached hydrogens (tertiary/aromatic N) is 2. The monoisotopic (exact) mass is 691 g/mol. The Labute approximate surface area is 291 Å². The van der Waals surface area contributed by atoms with Crippen molar-refractivity contribution in [2.45, 2.75) is 24.2 Å². The molecule has 4 aromatic carbocycles. The lowest BCUT2D eigenvalue weighted by Crippen LogP contribution is -2.53. The molecule has 9 nitrogen and oxygen atoms in total. The van der Waals surface area contributed by atoms with Crippen LogP contribution < -0.4 is 15.1 Å². The van der Waals surface area contributed by atoms with E-state index in [0.717, 1.165) is 5.01 Å². The Morgan fingerprint density at radius 2 is 1.60 bits per heavy atom. The molecule has 0 aromatic heterocycles. The fourth-order valence-corrected chi connectivity index (χ4v) is 8.85. The van der Waals surface area contributed by atoms with Gasteiger partial charge in [-0.15, -0.1) is 0 Å². The lowest BCUT2D eigenvalue weighted by molar-refractivity contribution is -0.138. The standard InChI is InChI=1S/C39H31ClFN3O6/c1-50-26-15-16-28(32(45)19-26)34-27-17-18-29-33(37(48)43(35(29)46)25-5-3-2-4-6-25)30(27)20-31-36(47)44(42-24-13-11-23(41)12-14-24)38(49)39(31,34)21-7-9-22(40)10-8-21/h2-17,19,29-31,33-34,42,45H,18,20H2,1H3. The number of hydrogen-bond acceptors (Lipinski definition) is 7. The third-order valence-electron chi connectivity index (χ3n) is 10.8. The zero-order chi connectivity index (χ0) is 34.9. The second-order valence-corrected chi connectivity index (χ2v) is 13.6. The molecule has 11 heteroatoms. The second kappa shape index (κ2) is 11.8. The third-order valence-corrected chi connectivity index (χ3v) is 11.1. The Hall–Kier alpha value is -5.48. The highest BCUT2D eigenvalue weighted by Crippen LogP contribution is 2.65. The number of aromatic hydroxyl groups is 1. The maximum absolute atomic E-state index is 15.2. The van der Waals surface area contributed by atoms with Crippen LogP contribution in [0.1, 0.15) is 29.9 Å². The van der Waals surface area contributed by atoms with Crippen molar-refractivity contribution < 1.29 is 33.4 Å². The summed E-state index contributed by atoms with van der Waals surface area (Å²) in [4.78, 5) is 59.3. The number of hydrazine groups is 1. The van der Waals surface area contributed by atoms with E-state index in [-0.39, 0.29) is 30.4 Å². The minimum atomic E-state index is -1.61. The Balaban J connectivity index is 1.34. The maximum atomic E-state index is 15.2. The van der Waals surface area contributed by atoms with E-state index < -0.39 is 52.6 Å². The molecule has 4 aromatic rings. The normalized spacial score (nSPS) is 27.1. The number of imide groups is 2. The average molecular weight is 692 g/mol. The summed E-state index contributed by atoms with van der Waals surface area (Å²) in [5.74, 6) is -6.11. The number of phenolic OH excluding ortho intramolecular Hbond substituents is 1. The van der Waals surface area contributed by atoms with Crippen LogP contribution in [-0.4, -0.2) is 40.9 Å². The van der Waals surface area contributed by atoms with E-state index in [4.69, 9.17) is 16.3 Å². The van der Waals surface area contributed by atoms with Crippen molar-refractivity contribution in [1.82, 2.24) is 5.01 Å². The summed E-state index contributed by atoms with van der Waals surface area (Å²) in [5, 5.41) is 13.0. The van der Waals surface area contributed by atoms with Gasteiger partial charge in [-0.1, -0.05) is 59.6 Å². The van der Waals surface area contributed by atoms with E-state index >= 15 is 4.79 Å². The number of carbonyl (C=O) groups excluding carboxylic acids is 4. The largest absolute Gasteiger partial charge is 0.508 e. The molecule has 2 N–H and O–H groups in total. The number of para-hydroxylation sites is 1. The van der Waals surface area contributed by atoms with E-state index in [1.54, 1.807) is 66.7 Å². The van der Waals surface area contributed by atoms with Crippen LogP contribution >= 0.6 is 11.6 Å².